The molecule has 0 aromatic rings. The summed E-state index contributed by atoms with van der Waals surface area (Å²) in [6.07, 6.45) is 5.17. The third kappa shape index (κ3) is 15.4. The molecule has 0 aliphatic carbocycles. The van der Waals surface area contributed by atoms with Crippen LogP contribution in [0.15, 0.2) is 4.99 Å². The van der Waals surface area contributed by atoms with Crippen LogP contribution in [0.4, 0.5) is 0 Å². The molecular formula is C13H29IN4O. The molecule has 6 heteroatoms. The van der Waals surface area contributed by atoms with E-state index in [1.807, 2.05) is 13.8 Å². The molecule has 0 saturated carbocycles. The molecule has 5 nitrogen and oxygen atoms in total. The Kier molecular flexibility index (Phi) is 15.2. The van der Waals surface area contributed by atoms with Crippen LogP contribution in [0.25, 0.3) is 0 Å². The summed E-state index contributed by atoms with van der Waals surface area (Å²) in [4.78, 5) is 15.5. The lowest BCUT2D eigenvalue weighted by Gasteiger charge is -2.09. The SMILES string of the molecule is CCCCCCN=C(N)NCCC(=O)NC(C)C.I. The molecule has 0 heterocycles. The molecule has 0 rings (SSSR count). The van der Waals surface area contributed by atoms with E-state index in [1.165, 1.54) is 19.3 Å². The van der Waals surface area contributed by atoms with E-state index in [-0.39, 0.29) is 35.9 Å². The Morgan fingerprint density at radius 3 is 2.53 bits per heavy atom. The fraction of sp³-hybridized carbons (Fsp3) is 0.846. The monoisotopic (exact) mass is 384 g/mol. The van der Waals surface area contributed by atoms with E-state index in [9.17, 15) is 4.79 Å². The summed E-state index contributed by atoms with van der Waals surface area (Å²) in [5.41, 5.74) is 5.68. The Bertz CT molecular complexity index is 257. The maximum absolute atomic E-state index is 11.3. The first-order valence-corrected chi connectivity index (χ1v) is 6.89. The average Bonchev–Trinajstić information content (AvgIpc) is 2.27. The zero-order valence-corrected chi connectivity index (χ0v) is 14.7. The number of unbranched alkanes of at least 4 members (excludes halogenated alkanes) is 3. The van der Waals surface area contributed by atoms with E-state index in [4.69, 9.17) is 5.73 Å². The number of hydrogen-bond acceptors (Lipinski definition) is 2. The molecule has 0 spiro atoms. The summed E-state index contributed by atoms with van der Waals surface area (Å²) in [6.45, 7) is 7.36. The van der Waals surface area contributed by atoms with Crippen molar-refractivity contribution in [3.63, 3.8) is 0 Å². The largest absolute Gasteiger partial charge is 0.370 e. The molecule has 0 aliphatic rings. The molecule has 0 aromatic heterocycles. The molecule has 0 bridgehead atoms. The number of carbonyl (C=O) groups is 1. The van der Waals surface area contributed by atoms with Crippen LogP contribution >= 0.6 is 24.0 Å². The van der Waals surface area contributed by atoms with Gasteiger partial charge in [0.15, 0.2) is 5.96 Å². The number of rotatable bonds is 9. The second-order valence-electron chi connectivity index (χ2n) is 4.73. The number of halogens is 1. The Balaban J connectivity index is 0. The highest BCUT2D eigenvalue weighted by Gasteiger charge is 2.02. The summed E-state index contributed by atoms with van der Waals surface area (Å²) in [5, 5.41) is 5.77. The highest BCUT2D eigenvalue weighted by atomic mass is 127. The van der Waals surface area contributed by atoms with Crippen molar-refractivity contribution in [1.82, 2.24) is 10.6 Å². The van der Waals surface area contributed by atoms with Gasteiger partial charge in [-0.2, -0.15) is 0 Å². The first-order valence-electron chi connectivity index (χ1n) is 6.89. The Hall–Kier alpha value is -0.530. The zero-order valence-electron chi connectivity index (χ0n) is 12.4. The third-order valence-electron chi connectivity index (χ3n) is 2.40. The number of nitrogens with one attached hydrogen (secondary N) is 2. The smallest absolute Gasteiger partial charge is 0.221 e. The summed E-state index contributed by atoms with van der Waals surface area (Å²) < 4.78 is 0. The molecule has 4 N–H and O–H groups in total. The molecule has 1 amide bonds. The fourth-order valence-corrected chi connectivity index (χ4v) is 1.49. The van der Waals surface area contributed by atoms with Gasteiger partial charge in [-0.15, -0.1) is 24.0 Å². The van der Waals surface area contributed by atoms with Gasteiger partial charge in [0, 0.05) is 25.6 Å². The van der Waals surface area contributed by atoms with Gasteiger partial charge in [0.05, 0.1) is 0 Å². The molecule has 0 radical (unpaired) electrons. The van der Waals surface area contributed by atoms with Gasteiger partial charge in [-0.3, -0.25) is 9.79 Å². The summed E-state index contributed by atoms with van der Waals surface area (Å²) in [5.74, 6) is 0.470. The summed E-state index contributed by atoms with van der Waals surface area (Å²) in [6, 6.07) is 0.182. The van der Waals surface area contributed by atoms with E-state index in [0.717, 1.165) is 13.0 Å². The van der Waals surface area contributed by atoms with Gasteiger partial charge in [-0.05, 0) is 20.3 Å². The molecule has 0 aromatic carbocycles. The molecular weight excluding hydrogens is 355 g/mol. The van der Waals surface area contributed by atoms with E-state index >= 15 is 0 Å². The van der Waals surface area contributed by atoms with Crippen LogP contribution in [0.2, 0.25) is 0 Å². The lowest BCUT2D eigenvalue weighted by atomic mass is 10.2. The maximum Gasteiger partial charge on any atom is 0.221 e. The number of hydrogen-bond donors (Lipinski definition) is 3. The van der Waals surface area contributed by atoms with Crippen LogP contribution in [0.5, 0.6) is 0 Å². The van der Waals surface area contributed by atoms with Gasteiger partial charge in [0.2, 0.25) is 5.91 Å². The first-order chi connectivity index (χ1) is 8.56. The minimum Gasteiger partial charge on any atom is -0.370 e. The van der Waals surface area contributed by atoms with Crippen LogP contribution in [0.1, 0.15) is 52.9 Å². The number of guanidine groups is 1. The van der Waals surface area contributed by atoms with Gasteiger partial charge in [-0.25, -0.2) is 0 Å². The van der Waals surface area contributed by atoms with Crippen molar-refractivity contribution < 1.29 is 4.79 Å². The number of aliphatic imine (C=N–C) groups is 1. The summed E-state index contributed by atoms with van der Waals surface area (Å²) >= 11 is 0. The molecule has 114 valence electrons. The standard InChI is InChI=1S/C13H28N4O.HI/c1-4-5-6-7-9-15-13(14)16-10-8-12(18)17-11(2)3;/h11H,4-10H2,1-3H3,(H,17,18)(H3,14,15,16);1H. The molecule has 0 unspecified atom stereocenters. The minimum atomic E-state index is 0. The van der Waals surface area contributed by atoms with E-state index in [1.54, 1.807) is 0 Å². The zero-order chi connectivity index (χ0) is 13.8. The van der Waals surface area contributed by atoms with E-state index in [0.29, 0.717) is 18.9 Å². The number of nitrogens with two attached hydrogens (primary N) is 1. The number of amides is 1. The Morgan fingerprint density at radius 2 is 1.95 bits per heavy atom. The third-order valence-corrected chi connectivity index (χ3v) is 2.40. The van der Waals surface area contributed by atoms with Crippen molar-refractivity contribution >= 4 is 35.8 Å². The van der Waals surface area contributed by atoms with Gasteiger partial charge < -0.3 is 16.4 Å². The topological polar surface area (TPSA) is 79.5 Å². The number of nitrogens with zero attached hydrogens (tertiary/aromatic N) is 1. The normalized spacial score (nSPS) is 11.1. The lowest BCUT2D eigenvalue weighted by Crippen LogP contribution is -2.37. The Labute approximate surface area is 134 Å². The quantitative estimate of drug-likeness (QED) is 0.246. The fourth-order valence-electron chi connectivity index (χ4n) is 1.49. The van der Waals surface area contributed by atoms with Crippen LogP contribution in [0.3, 0.4) is 0 Å². The van der Waals surface area contributed by atoms with Crippen molar-refractivity contribution in [2.45, 2.75) is 58.9 Å². The predicted molar refractivity (Wildman–Crippen MR) is 91.9 cm³/mol. The highest BCUT2D eigenvalue weighted by Crippen LogP contribution is 1.98. The van der Waals surface area contributed by atoms with Gasteiger partial charge in [0.25, 0.3) is 0 Å². The predicted octanol–water partition coefficient (Wildman–Crippen LogP) is 2.00. The van der Waals surface area contributed by atoms with E-state index < -0.39 is 0 Å². The van der Waals surface area contributed by atoms with Crippen LogP contribution in [-0.2, 0) is 4.79 Å². The van der Waals surface area contributed by atoms with Gasteiger partial charge in [0.1, 0.15) is 0 Å². The molecule has 0 aliphatic heterocycles. The average molecular weight is 384 g/mol. The molecule has 0 fully saturated rings. The first kappa shape index (κ1) is 20.8. The maximum atomic E-state index is 11.3. The van der Waals surface area contributed by atoms with Crippen LogP contribution in [0, 0.1) is 0 Å². The molecule has 19 heavy (non-hydrogen) atoms. The van der Waals surface area contributed by atoms with Gasteiger partial charge >= 0.3 is 0 Å². The Morgan fingerprint density at radius 1 is 1.26 bits per heavy atom. The van der Waals surface area contributed by atoms with Gasteiger partial charge in [-0.1, -0.05) is 26.2 Å². The highest BCUT2D eigenvalue weighted by molar-refractivity contribution is 14.0. The van der Waals surface area contributed by atoms with Crippen LogP contribution in [-0.4, -0.2) is 31.0 Å². The van der Waals surface area contributed by atoms with Crippen molar-refractivity contribution in [1.29, 1.82) is 0 Å². The second kappa shape index (κ2) is 13.9. The van der Waals surface area contributed by atoms with Crippen molar-refractivity contribution in [2.24, 2.45) is 10.7 Å². The lowest BCUT2D eigenvalue weighted by molar-refractivity contribution is -0.121. The minimum absolute atomic E-state index is 0. The van der Waals surface area contributed by atoms with E-state index in [2.05, 4.69) is 22.5 Å². The van der Waals surface area contributed by atoms with Crippen LogP contribution < -0.4 is 16.4 Å². The van der Waals surface area contributed by atoms with Crippen molar-refractivity contribution in [3.8, 4) is 0 Å². The molecule has 0 saturated heterocycles. The molecule has 0 atom stereocenters. The van der Waals surface area contributed by atoms with Crippen molar-refractivity contribution in [2.75, 3.05) is 13.1 Å². The second-order valence-corrected chi connectivity index (χ2v) is 4.73. The summed E-state index contributed by atoms with van der Waals surface area (Å²) in [7, 11) is 0. The van der Waals surface area contributed by atoms with Crippen molar-refractivity contribution in [3.05, 3.63) is 0 Å². The number of carbonyl (C=O) groups excluding carboxylic acids is 1.